The summed E-state index contributed by atoms with van der Waals surface area (Å²) >= 11 is 0. The molecule has 0 atom stereocenters. The van der Waals surface area contributed by atoms with Crippen LogP contribution >= 0.6 is 0 Å². The molecular weight excluding hydrogens is 314 g/mol. The molecule has 0 saturated carbocycles. The second-order valence-corrected chi connectivity index (χ2v) is 6.09. The Morgan fingerprint density at radius 1 is 1.24 bits per heavy atom. The molecular formula is C20H23N3O2. The quantitative estimate of drug-likeness (QED) is 0.721. The largest absolute Gasteiger partial charge is 0.383 e. The number of carbonyl (C=O) groups excluding carboxylic acids is 1. The first-order valence-electron chi connectivity index (χ1n) is 8.45. The van der Waals surface area contributed by atoms with Crippen LogP contribution in [0.4, 0.5) is 0 Å². The van der Waals surface area contributed by atoms with Gasteiger partial charge in [-0.1, -0.05) is 17.7 Å². The van der Waals surface area contributed by atoms with E-state index in [2.05, 4.69) is 27.1 Å². The van der Waals surface area contributed by atoms with Crippen molar-refractivity contribution in [1.29, 1.82) is 0 Å². The lowest BCUT2D eigenvalue weighted by atomic mass is 10.1. The molecule has 3 aromatic rings. The van der Waals surface area contributed by atoms with Crippen molar-refractivity contribution in [3.63, 3.8) is 0 Å². The maximum absolute atomic E-state index is 12.2. The first-order valence-corrected chi connectivity index (χ1v) is 8.45. The average molecular weight is 337 g/mol. The maximum Gasteiger partial charge on any atom is 0.251 e. The summed E-state index contributed by atoms with van der Waals surface area (Å²) in [6.07, 6.45) is 4.67. The van der Waals surface area contributed by atoms with E-state index in [0.29, 0.717) is 18.7 Å². The number of pyridine rings is 1. The molecule has 0 radical (unpaired) electrons. The molecule has 0 aliphatic heterocycles. The van der Waals surface area contributed by atoms with Gasteiger partial charge < -0.3 is 14.6 Å². The number of amides is 1. The van der Waals surface area contributed by atoms with E-state index in [1.807, 2.05) is 37.3 Å². The molecule has 3 rings (SSSR count). The fourth-order valence-electron chi connectivity index (χ4n) is 2.87. The van der Waals surface area contributed by atoms with E-state index in [-0.39, 0.29) is 5.91 Å². The molecule has 0 saturated heterocycles. The summed E-state index contributed by atoms with van der Waals surface area (Å²) in [6, 6.07) is 11.6. The lowest BCUT2D eigenvalue weighted by molar-refractivity contribution is 0.0954. The second-order valence-electron chi connectivity index (χ2n) is 6.09. The summed E-state index contributed by atoms with van der Waals surface area (Å²) in [5.41, 5.74) is 3.98. The third kappa shape index (κ3) is 4.06. The van der Waals surface area contributed by atoms with Gasteiger partial charge in [0, 0.05) is 43.5 Å². The fourth-order valence-corrected chi connectivity index (χ4v) is 2.87. The van der Waals surface area contributed by atoms with E-state index in [0.717, 1.165) is 29.6 Å². The fraction of sp³-hybridized carbons (Fsp3) is 0.300. The van der Waals surface area contributed by atoms with Crippen LogP contribution in [-0.4, -0.2) is 35.7 Å². The van der Waals surface area contributed by atoms with E-state index in [1.54, 1.807) is 13.3 Å². The standard InChI is InChI=1S/C20H23N3O2/c1-15-5-7-16(8-6-15)20(24)22-11-9-17-14-23(12-13-25-2)19-18(17)4-3-10-21-19/h3-8,10,14H,9,11-13H2,1-2H3,(H,22,24). The van der Waals surface area contributed by atoms with Crippen molar-refractivity contribution in [1.82, 2.24) is 14.9 Å². The van der Waals surface area contributed by atoms with Gasteiger partial charge in [-0.3, -0.25) is 4.79 Å². The van der Waals surface area contributed by atoms with Crippen LogP contribution < -0.4 is 5.32 Å². The van der Waals surface area contributed by atoms with E-state index in [9.17, 15) is 4.79 Å². The molecule has 2 aromatic heterocycles. The number of ether oxygens (including phenoxy) is 1. The molecule has 0 bridgehead atoms. The lowest BCUT2D eigenvalue weighted by Crippen LogP contribution is -2.25. The minimum absolute atomic E-state index is 0.0405. The van der Waals surface area contributed by atoms with Crippen molar-refractivity contribution in [2.24, 2.45) is 0 Å². The van der Waals surface area contributed by atoms with Crippen molar-refractivity contribution in [3.8, 4) is 0 Å². The van der Waals surface area contributed by atoms with Gasteiger partial charge in [-0.05, 0) is 43.2 Å². The SMILES string of the molecule is COCCn1cc(CCNC(=O)c2ccc(C)cc2)c2cccnc21. The Labute approximate surface area is 147 Å². The number of nitrogens with zero attached hydrogens (tertiary/aromatic N) is 2. The number of rotatable bonds is 7. The van der Waals surface area contributed by atoms with Crippen LogP contribution in [0.1, 0.15) is 21.5 Å². The van der Waals surface area contributed by atoms with Crippen LogP contribution in [0.15, 0.2) is 48.8 Å². The summed E-state index contributed by atoms with van der Waals surface area (Å²) in [5.74, 6) is -0.0405. The number of hydrogen-bond acceptors (Lipinski definition) is 3. The summed E-state index contributed by atoms with van der Waals surface area (Å²) in [4.78, 5) is 16.7. The Kier molecular flexibility index (Phi) is 5.46. The Bertz CT molecular complexity index is 853. The molecule has 1 aromatic carbocycles. The van der Waals surface area contributed by atoms with Crippen molar-refractivity contribution in [2.45, 2.75) is 19.9 Å². The first-order chi connectivity index (χ1) is 12.2. The summed E-state index contributed by atoms with van der Waals surface area (Å²) in [6.45, 7) is 4.00. The second kappa shape index (κ2) is 7.94. The maximum atomic E-state index is 12.2. The smallest absolute Gasteiger partial charge is 0.251 e. The first kappa shape index (κ1) is 17.2. The summed E-state index contributed by atoms with van der Waals surface area (Å²) < 4.78 is 7.28. The zero-order valence-corrected chi connectivity index (χ0v) is 14.7. The molecule has 130 valence electrons. The van der Waals surface area contributed by atoms with Crippen molar-refractivity contribution < 1.29 is 9.53 Å². The molecule has 5 heteroatoms. The van der Waals surface area contributed by atoms with Gasteiger partial charge in [0.25, 0.3) is 5.91 Å². The van der Waals surface area contributed by atoms with Crippen LogP contribution in [0.2, 0.25) is 0 Å². The highest BCUT2D eigenvalue weighted by atomic mass is 16.5. The summed E-state index contributed by atoms with van der Waals surface area (Å²) in [5, 5.41) is 4.12. The van der Waals surface area contributed by atoms with Gasteiger partial charge in [-0.2, -0.15) is 0 Å². The minimum atomic E-state index is -0.0405. The number of methoxy groups -OCH3 is 1. The average Bonchev–Trinajstić information content (AvgIpc) is 2.98. The zero-order chi connectivity index (χ0) is 17.6. The van der Waals surface area contributed by atoms with Gasteiger partial charge in [0.15, 0.2) is 0 Å². The van der Waals surface area contributed by atoms with Crippen LogP contribution in [0, 0.1) is 6.92 Å². The predicted octanol–water partition coefficient (Wildman–Crippen LogP) is 2.96. The normalized spacial score (nSPS) is 11.0. The van der Waals surface area contributed by atoms with E-state index >= 15 is 0 Å². The molecule has 2 heterocycles. The molecule has 25 heavy (non-hydrogen) atoms. The Morgan fingerprint density at radius 3 is 2.80 bits per heavy atom. The van der Waals surface area contributed by atoms with E-state index < -0.39 is 0 Å². The third-order valence-corrected chi connectivity index (χ3v) is 4.25. The van der Waals surface area contributed by atoms with Gasteiger partial charge >= 0.3 is 0 Å². The van der Waals surface area contributed by atoms with Crippen LogP contribution in [0.25, 0.3) is 11.0 Å². The van der Waals surface area contributed by atoms with Gasteiger partial charge in [-0.25, -0.2) is 4.98 Å². The lowest BCUT2D eigenvalue weighted by Gasteiger charge is -2.05. The molecule has 0 aliphatic carbocycles. The number of aryl methyl sites for hydroxylation is 1. The number of benzene rings is 1. The molecule has 0 spiro atoms. The summed E-state index contributed by atoms with van der Waals surface area (Å²) in [7, 11) is 1.70. The van der Waals surface area contributed by atoms with Gasteiger partial charge in [-0.15, -0.1) is 0 Å². The van der Waals surface area contributed by atoms with Gasteiger partial charge in [0.2, 0.25) is 0 Å². The van der Waals surface area contributed by atoms with Gasteiger partial charge in [0.05, 0.1) is 6.61 Å². The highest BCUT2D eigenvalue weighted by Crippen LogP contribution is 2.19. The number of aromatic nitrogens is 2. The Balaban J connectivity index is 1.66. The molecule has 0 aliphatic rings. The molecule has 5 nitrogen and oxygen atoms in total. The van der Waals surface area contributed by atoms with Crippen molar-refractivity contribution in [2.75, 3.05) is 20.3 Å². The monoisotopic (exact) mass is 337 g/mol. The van der Waals surface area contributed by atoms with E-state index in [4.69, 9.17) is 4.74 Å². The molecule has 0 unspecified atom stereocenters. The topological polar surface area (TPSA) is 56.1 Å². The highest BCUT2D eigenvalue weighted by Gasteiger charge is 2.10. The van der Waals surface area contributed by atoms with Crippen molar-refractivity contribution >= 4 is 16.9 Å². The zero-order valence-electron chi connectivity index (χ0n) is 14.7. The molecule has 0 fully saturated rings. The number of carbonyl (C=O) groups is 1. The van der Waals surface area contributed by atoms with Crippen LogP contribution in [0.5, 0.6) is 0 Å². The Morgan fingerprint density at radius 2 is 2.04 bits per heavy atom. The van der Waals surface area contributed by atoms with E-state index in [1.165, 1.54) is 5.56 Å². The third-order valence-electron chi connectivity index (χ3n) is 4.25. The number of fused-ring (bicyclic) bond motifs is 1. The highest BCUT2D eigenvalue weighted by molar-refractivity contribution is 5.94. The van der Waals surface area contributed by atoms with Gasteiger partial charge in [0.1, 0.15) is 5.65 Å². The number of hydrogen-bond donors (Lipinski definition) is 1. The number of nitrogens with one attached hydrogen (secondary N) is 1. The Hall–Kier alpha value is -2.66. The molecule has 1 amide bonds. The molecule has 1 N–H and O–H groups in total. The van der Waals surface area contributed by atoms with Crippen molar-refractivity contribution in [3.05, 3.63) is 65.5 Å². The minimum Gasteiger partial charge on any atom is -0.383 e. The van der Waals surface area contributed by atoms with Crippen LogP contribution in [-0.2, 0) is 17.7 Å². The van der Waals surface area contributed by atoms with Crippen LogP contribution in [0.3, 0.4) is 0 Å². The predicted molar refractivity (Wildman–Crippen MR) is 98.8 cm³/mol.